The summed E-state index contributed by atoms with van der Waals surface area (Å²) in [5.41, 5.74) is 1.05. The monoisotopic (exact) mass is 438 g/mol. The molecule has 0 spiro atoms. The third-order valence-electron chi connectivity index (χ3n) is 5.59. The van der Waals surface area contributed by atoms with Crippen molar-refractivity contribution in [2.75, 3.05) is 13.2 Å². The van der Waals surface area contributed by atoms with E-state index in [1.54, 1.807) is 12.1 Å². The van der Waals surface area contributed by atoms with Gasteiger partial charge in [0.05, 0.1) is 24.3 Å². The Labute approximate surface area is 190 Å². The molecule has 0 bridgehead atoms. The number of ether oxygens (including phenoxy) is 2. The molecule has 1 fully saturated rings. The summed E-state index contributed by atoms with van der Waals surface area (Å²) in [7, 11) is 0. The number of carbonyl (C=O) groups excluding carboxylic acids is 2. The van der Waals surface area contributed by atoms with Crippen LogP contribution < -0.4 is 20.1 Å². The summed E-state index contributed by atoms with van der Waals surface area (Å²) in [6.07, 6.45) is 5.42. The van der Waals surface area contributed by atoms with Crippen molar-refractivity contribution in [2.45, 2.75) is 64.5 Å². The molecule has 2 unspecified atom stereocenters. The van der Waals surface area contributed by atoms with Crippen LogP contribution in [-0.2, 0) is 0 Å². The van der Waals surface area contributed by atoms with Crippen LogP contribution in [0.1, 0.15) is 73.1 Å². The van der Waals surface area contributed by atoms with E-state index >= 15 is 0 Å². The van der Waals surface area contributed by atoms with Gasteiger partial charge in [0.1, 0.15) is 11.5 Å². The molecule has 1 aliphatic rings. The van der Waals surface area contributed by atoms with Crippen LogP contribution in [0.2, 0.25) is 0 Å². The topological polar surface area (TPSA) is 76.7 Å². The van der Waals surface area contributed by atoms with Gasteiger partial charge in [0.25, 0.3) is 11.8 Å². The first-order chi connectivity index (χ1) is 15.6. The number of hydrogen-bond acceptors (Lipinski definition) is 4. The Morgan fingerprint density at radius 3 is 1.56 bits per heavy atom. The van der Waals surface area contributed by atoms with Gasteiger partial charge in [-0.05, 0) is 49.9 Å². The zero-order chi connectivity index (χ0) is 22.8. The van der Waals surface area contributed by atoms with Crippen LogP contribution in [0.4, 0.5) is 0 Å². The van der Waals surface area contributed by atoms with Crippen molar-refractivity contribution in [3.63, 3.8) is 0 Å². The molecule has 6 nitrogen and oxygen atoms in total. The summed E-state index contributed by atoms with van der Waals surface area (Å²) in [5, 5.41) is 6.29. The van der Waals surface area contributed by atoms with Crippen molar-refractivity contribution in [1.29, 1.82) is 0 Å². The van der Waals surface area contributed by atoms with Crippen molar-refractivity contribution in [2.24, 2.45) is 0 Å². The Morgan fingerprint density at radius 1 is 0.750 bits per heavy atom. The molecule has 0 aliphatic heterocycles. The van der Waals surface area contributed by atoms with Crippen LogP contribution in [-0.4, -0.2) is 37.1 Å². The van der Waals surface area contributed by atoms with E-state index < -0.39 is 0 Å². The number of benzene rings is 2. The molecule has 0 radical (unpaired) electrons. The number of amides is 2. The summed E-state index contributed by atoms with van der Waals surface area (Å²) < 4.78 is 11.5. The Morgan fingerprint density at radius 2 is 1.16 bits per heavy atom. The molecule has 1 saturated carbocycles. The van der Waals surface area contributed by atoms with Gasteiger partial charge in [-0.1, -0.05) is 51.0 Å². The summed E-state index contributed by atoms with van der Waals surface area (Å²) >= 11 is 0. The van der Waals surface area contributed by atoms with Gasteiger partial charge in [-0.25, -0.2) is 0 Å². The molecular weight excluding hydrogens is 404 g/mol. The molecule has 2 aromatic carbocycles. The lowest BCUT2D eigenvalue weighted by Crippen LogP contribution is -2.53. The van der Waals surface area contributed by atoms with Gasteiger partial charge < -0.3 is 20.1 Å². The third-order valence-corrected chi connectivity index (χ3v) is 5.59. The van der Waals surface area contributed by atoms with E-state index in [9.17, 15) is 9.59 Å². The highest BCUT2D eigenvalue weighted by atomic mass is 16.5. The SMILES string of the molecule is CCCOc1ccccc1C(=O)NC1CCCCC1NC(=O)c1ccccc1OCCC. The molecule has 32 heavy (non-hydrogen) atoms. The van der Waals surface area contributed by atoms with E-state index in [1.807, 2.05) is 50.2 Å². The molecule has 2 atom stereocenters. The first kappa shape index (κ1) is 23.6. The van der Waals surface area contributed by atoms with Crippen LogP contribution in [0.15, 0.2) is 48.5 Å². The highest BCUT2D eigenvalue weighted by molar-refractivity contribution is 5.98. The first-order valence-electron chi connectivity index (χ1n) is 11.7. The van der Waals surface area contributed by atoms with Crippen molar-refractivity contribution in [3.8, 4) is 11.5 Å². The molecule has 172 valence electrons. The van der Waals surface area contributed by atoms with Crippen LogP contribution in [0.5, 0.6) is 11.5 Å². The second-order valence-electron chi connectivity index (χ2n) is 8.13. The second-order valence-corrected chi connectivity index (χ2v) is 8.13. The number of hydrogen-bond donors (Lipinski definition) is 2. The van der Waals surface area contributed by atoms with Gasteiger partial charge in [-0.15, -0.1) is 0 Å². The molecule has 6 heteroatoms. The normalized spacial score (nSPS) is 17.9. The average Bonchev–Trinajstić information content (AvgIpc) is 2.83. The Balaban J connectivity index is 1.69. The molecule has 0 aromatic heterocycles. The molecule has 2 aromatic rings. The smallest absolute Gasteiger partial charge is 0.255 e. The van der Waals surface area contributed by atoms with E-state index in [2.05, 4.69) is 10.6 Å². The third kappa shape index (κ3) is 6.25. The highest BCUT2D eigenvalue weighted by Gasteiger charge is 2.29. The van der Waals surface area contributed by atoms with E-state index in [0.717, 1.165) is 38.5 Å². The molecule has 0 heterocycles. The van der Waals surface area contributed by atoms with Gasteiger partial charge in [0.15, 0.2) is 0 Å². The quantitative estimate of drug-likeness (QED) is 0.562. The average molecular weight is 439 g/mol. The van der Waals surface area contributed by atoms with E-state index in [4.69, 9.17) is 9.47 Å². The van der Waals surface area contributed by atoms with E-state index in [0.29, 0.717) is 35.8 Å². The predicted molar refractivity (Wildman–Crippen MR) is 125 cm³/mol. The fourth-order valence-electron chi connectivity index (χ4n) is 3.95. The zero-order valence-corrected chi connectivity index (χ0v) is 19.1. The fraction of sp³-hybridized carbons (Fsp3) is 0.462. The molecule has 2 amide bonds. The lowest BCUT2D eigenvalue weighted by atomic mass is 9.89. The Kier molecular flexibility index (Phi) is 8.96. The largest absolute Gasteiger partial charge is 0.493 e. The lowest BCUT2D eigenvalue weighted by molar-refractivity contribution is 0.0858. The zero-order valence-electron chi connectivity index (χ0n) is 19.1. The van der Waals surface area contributed by atoms with Gasteiger partial charge in [0.2, 0.25) is 0 Å². The summed E-state index contributed by atoms with van der Waals surface area (Å²) in [6, 6.07) is 14.3. The molecule has 0 saturated heterocycles. The summed E-state index contributed by atoms with van der Waals surface area (Å²) in [5.74, 6) is 0.833. The van der Waals surface area contributed by atoms with Crippen LogP contribution in [0.25, 0.3) is 0 Å². The molecule has 2 N–H and O–H groups in total. The summed E-state index contributed by atoms with van der Waals surface area (Å²) in [6.45, 7) is 5.19. The minimum atomic E-state index is -0.172. The maximum absolute atomic E-state index is 13.0. The number of carbonyl (C=O) groups is 2. The van der Waals surface area contributed by atoms with Gasteiger partial charge in [0, 0.05) is 12.1 Å². The number of rotatable bonds is 10. The van der Waals surface area contributed by atoms with Crippen molar-refractivity contribution < 1.29 is 19.1 Å². The van der Waals surface area contributed by atoms with Crippen molar-refractivity contribution in [1.82, 2.24) is 10.6 Å². The Bertz CT molecular complexity index is 825. The molecule has 1 aliphatic carbocycles. The van der Waals surface area contributed by atoms with Gasteiger partial charge in [-0.2, -0.15) is 0 Å². The minimum Gasteiger partial charge on any atom is -0.493 e. The van der Waals surface area contributed by atoms with Crippen molar-refractivity contribution in [3.05, 3.63) is 59.7 Å². The fourth-order valence-corrected chi connectivity index (χ4v) is 3.95. The molecular formula is C26H34N2O4. The van der Waals surface area contributed by atoms with Gasteiger partial charge in [-0.3, -0.25) is 9.59 Å². The Hall–Kier alpha value is -3.02. The van der Waals surface area contributed by atoms with Crippen LogP contribution in [0.3, 0.4) is 0 Å². The number of para-hydroxylation sites is 2. The predicted octanol–water partition coefficient (Wildman–Crippen LogP) is 4.74. The highest BCUT2D eigenvalue weighted by Crippen LogP contribution is 2.24. The standard InChI is InChI=1S/C26H34N2O4/c1-3-17-31-23-15-9-5-11-19(23)25(29)27-21-13-7-8-14-22(21)28-26(30)20-12-6-10-16-24(20)32-18-4-2/h5-6,9-12,15-16,21-22H,3-4,7-8,13-14,17-18H2,1-2H3,(H,27,29)(H,28,30). The van der Waals surface area contributed by atoms with E-state index in [-0.39, 0.29) is 23.9 Å². The van der Waals surface area contributed by atoms with Crippen molar-refractivity contribution >= 4 is 11.8 Å². The number of nitrogens with one attached hydrogen (secondary N) is 2. The lowest BCUT2D eigenvalue weighted by Gasteiger charge is -2.33. The molecule has 3 rings (SSSR count). The van der Waals surface area contributed by atoms with Gasteiger partial charge >= 0.3 is 0 Å². The van der Waals surface area contributed by atoms with Crippen LogP contribution in [0, 0.1) is 0 Å². The minimum absolute atomic E-state index is 0.136. The maximum atomic E-state index is 13.0. The maximum Gasteiger partial charge on any atom is 0.255 e. The second kappa shape index (κ2) is 12.1. The van der Waals surface area contributed by atoms with E-state index in [1.165, 1.54) is 0 Å². The first-order valence-corrected chi connectivity index (χ1v) is 11.7. The summed E-state index contributed by atoms with van der Waals surface area (Å²) in [4.78, 5) is 26.1. The van der Waals surface area contributed by atoms with Crippen LogP contribution >= 0.6 is 0 Å².